The Morgan fingerprint density at radius 2 is 1.81 bits per heavy atom. The maximum atomic E-state index is 5.60. The highest BCUT2D eigenvalue weighted by atomic mass is 16.5. The van der Waals surface area contributed by atoms with Crippen LogP contribution in [0.5, 0.6) is 11.5 Å². The quantitative estimate of drug-likeness (QED) is 0.857. The molecule has 0 bridgehead atoms. The second kappa shape index (κ2) is 7.02. The molecule has 0 fully saturated rings. The highest BCUT2D eigenvalue weighted by molar-refractivity contribution is 5.55. The Hall–Kier alpha value is -2.16. The first-order valence-corrected chi connectivity index (χ1v) is 7.25. The Bertz CT molecular complexity index is 608. The van der Waals surface area contributed by atoms with Crippen molar-refractivity contribution in [2.45, 2.75) is 27.3 Å². The van der Waals surface area contributed by atoms with E-state index in [-0.39, 0.29) is 0 Å². The molecule has 0 aliphatic carbocycles. The first kappa shape index (κ1) is 15.2. The molecule has 0 aromatic heterocycles. The molecule has 2 aromatic carbocycles. The van der Waals surface area contributed by atoms with Crippen molar-refractivity contribution in [3.05, 3.63) is 53.1 Å². The summed E-state index contributed by atoms with van der Waals surface area (Å²) in [5, 5.41) is 3.44. The Morgan fingerprint density at radius 1 is 1.00 bits per heavy atom. The van der Waals surface area contributed by atoms with Crippen LogP contribution in [0.2, 0.25) is 0 Å². The number of anilines is 1. The van der Waals surface area contributed by atoms with Gasteiger partial charge in [-0.05, 0) is 44.0 Å². The molecule has 0 amide bonds. The summed E-state index contributed by atoms with van der Waals surface area (Å²) in [5.74, 6) is 1.53. The zero-order chi connectivity index (χ0) is 15.2. The van der Waals surface area contributed by atoms with Crippen LogP contribution >= 0.6 is 0 Å². The number of hydrogen-bond acceptors (Lipinski definition) is 3. The van der Waals surface area contributed by atoms with Gasteiger partial charge in [0.1, 0.15) is 0 Å². The molecular formula is C18H23NO2. The first-order valence-electron chi connectivity index (χ1n) is 7.25. The summed E-state index contributed by atoms with van der Waals surface area (Å²) >= 11 is 0. The van der Waals surface area contributed by atoms with Gasteiger partial charge in [-0.2, -0.15) is 0 Å². The second-order valence-corrected chi connectivity index (χ2v) is 5.08. The third-order valence-corrected chi connectivity index (χ3v) is 3.44. The van der Waals surface area contributed by atoms with Crippen molar-refractivity contribution in [2.24, 2.45) is 0 Å². The minimum Gasteiger partial charge on any atom is -0.493 e. The van der Waals surface area contributed by atoms with Crippen LogP contribution in [0.4, 0.5) is 5.69 Å². The number of hydrogen-bond donors (Lipinski definition) is 1. The lowest BCUT2D eigenvalue weighted by atomic mass is 10.1. The molecule has 0 aliphatic rings. The van der Waals surface area contributed by atoms with Crippen molar-refractivity contribution in [3.63, 3.8) is 0 Å². The van der Waals surface area contributed by atoms with Crippen LogP contribution in [-0.2, 0) is 6.54 Å². The summed E-state index contributed by atoms with van der Waals surface area (Å²) < 4.78 is 10.9. The molecule has 0 saturated carbocycles. The van der Waals surface area contributed by atoms with Crippen LogP contribution in [0, 0.1) is 13.8 Å². The molecule has 0 heterocycles. The van der Waals surface area contributed by atoms with E-state index in [1.165, 1.54) is 16.7 Å². The molecule has 0 atom stereocenters. The van der Waals surface area contributed by atoms with Gasteiger partial charge in [0, 0.05) is 18.3 Å². The van der Waals surface area contributed by atoms with Gasteiger partial charge in [0.2, 0.25) is 0 Å². The minimum atomic E-state index is 0.622. The second-order valence-electron chi connectivity index (χ2n) is 5.08. The van der Waals surface area contributed by atoms with Crippen LogP contribution in [0.25, 0.3) is 0 Å². The average Bonchev–Trinajstić information content (AvgIpc) is 2.47. The third-order valence-electron chi connectivity index (χ3n) is 3.44. The van der Waals surface area contributed by atoms with E-state index in [1.54, 1.807) is 7.11 Å². The topological polar surface area (TPSA) is 30.5 Å². The van der Waals surface area contributed by atoms with Crippen LogP contribution in [0.3, 0.4) is 0 Å². The first-order chi connectivity index (χ1) is 10.1. The fraction of sp³-hybridized carbons (Fsp3) is 0.333. The zero-order valence-electron chi connectivity index (χ0n) is 13.2. The molecule has 0 spiro atoms. The van der Waals surface area contributed by atoms with Crippen molar-refractivity contribution in [1.82, 2.24) is 0 Å². The van der Waals surface area contributed by atoms with Gasteiger partial charge in [-0.15, -0.1) is 0 Å². The van der Waals surface area contributed by atoms with Gasteiger partial charge in [-0.25, -0.2) is 0 Å². The van der Waals surface area contributed by atoms with Crippen molar-refractivity contribution >= 4 is 5.69 Å². The monoisotopic (exact) mass is 285 g/mol. The summed E-state index contributed by atoms with van der Waals surface area (Å²) in [6, 6.07) is 12.4. The Labute approximate surface area is 126 Å². The van der Waals surface area contributed by atoms with Gasteiger partial charge in [0.15, 0.2) is 11.5 Å². The number of rotatable bonds is 6. The van der Waals surface area contributed by atoms with Crippen LogP contribution in [0.1, 0.15) is 23.6 Å². The number of ether oxygens (including phenoxy) is 2. The van der Waals surface area contributed by atoms with E-state index in [9.17, 15) is 0 Å². The predicted octanol–water partition coefficient (Wildman–Crippen LogP) is 4.32. The smallest absolute Gasteiger partial charge is 0.163 e. The van der Waals surface area contributed by atoms with Gasteiger partial charge in [-0.3, -0.25) is 0 Å². The van der Waals surface area contributed by atoms with Gasteiger partial charge in [-0.1, -0.05) is 23.8 Å². The normalized spacial score (nSPS) is 10.3. The maximum absolute atomic E-state index is 5.60. The molecule has 1 N–H and O–H groups in total. The van der Waals surface area contributed by atoms with Crippen molar-refractivity contribution in [1.29, 1.82) is 0 Å². The molecule has 0 saturated heterocycles. The highest BCUT2D eigenvalue weighted by Crippen LogP contribution is 2.30. The fourth-order valence-electron chi connectivity index (χ4n) is 2.30. The average molecular weight is 285 g/mol. The standard InChI is InChI=1S/C18H23NO2/c1-5-21-18-11-16(8-9-17(18)20-4)19-12-15-7-6-13(2)10-14(15)3/h6-11,19H,5,12H2,1-4H3. The largest absolute Gasteiger partial charge is 0.493 e. The minimum absolute atomic E-state index is 0.622. The van der Waals surface area contributed by atoms with Gasteiger partial charge in [0.05, 0.1) is 13.7 Å². The molecule has 3 nitrogen and oxygen atoms in total. The molecule has 0 radical (unpaired) electrons. The van der Waals surface area contributed by atoms with E-state index < -0.39 is 0 Å². The van der Waals surface area contributed by atoms with Crippen molar-refractivity contribution in [3.8, 4) is 11.5 Å². The Kier molecular flexibility index (Phi) is 5.09. The number of methoxy groups -OCH3 is 1. The summed E-state index contributed by atoms with van der Waals surface area (Å²) in [6.45, 7) is 7.64. The molecule has 21 heavy (non-hydrogen) atoms. The lowest BCUT2D eigenvalue weighted by molar-refractivity contribution is 0.311. The van der Waals surface area contributed by atoms with E-state index in [0.29, 0.717) is 6.61 Å². The number of aryl methyl sites for hydroxylation is 2. The van der Waals surface area contributed by atoms with E-state index in [4.69, 9.17) is 9.47 Å². The maximum Gasteiger partial charge on any atom is 0.163 e. The summed E-state index contributed by atoms with van der Waals surface area (Å²) in [7, 11) is 1.65. The van der Waals surface area contributed by atoms with E-state index >= 15 is 0 Å². The van der Waals surface area contributed by atoms with Crippen molar-refractivity contribution < 1.29 is 9.47 Å². The molecule has 2 aromatic rings. The summed E-state index contributed by atoms with van der Waals surface area (Å²) in [5.41, 5.74) is 4.92. The van der Waals surface area contributed by atoms with E-state index in [0.717, 1.165) is 23.7 Å². The molecule has 0 unspecified atom stereocenters. The molecule has 3 heteroatoms. The molecule has 0 aliphatic heterocycles. The van der Waals surface area contributed by atoms with E-state index in [2.05, 4.69) is 37.4 Å². The molecule has 2 rings (SSSR count). The fourth-order valence-corrected chi connectivity index (χ4v) is 2.30. The Balaban J connectivity index is 2.10. The zero-order valence-corrected chi connectivity index (χ0v) is 13.2. The predicted molar refractivity (Wildman–Crippen MR) is 87.4 cm³/mol. The van der Waals surface area contributed by atoms with Crippen LogP contribution < -0.4 is 14.8 Å². The number of nitrogens with one attached hydrogen (secondary N) is 1. The lowest BCUT2D eigenvalue weighted by Crippen LogP contribution is -2.02. The highest BCUT2D eigenvalue weighted by Gasteiger charge is 2.05. The molecule has 112 valence electrons. The van der Waals surface area contributed by atoms with Crippen molar-refractivity contribution in [2.75, 3.05) is 19.0 Å². The van der Waals surface area contributed by atoms with Gasteiger partial charge in [0.25, 0.3) is 0 Å². The third kappa shape index (κ3) is 3.91. The van der Waals surface area contributed by atoms with Gasteiger partial charge >= 0.3 is 0 Å². The SMILES string of the molecule is CCOc1cc(NCc2ccc(C)cc2C)ccc1OC. The number of benzene rings is 2. The summed E-state index contributed by atoms with van der Waals surface area (Å²) in [6.07, 6.45) is 0. The van der Waals surface area contributed by atoms with Crippen LogP contribution in [0.15, 0.2) is 36.4 Å². The van der Waals surface area contributed by atoms with Gasteiger partial charge < -0.3 is 14.8 Å². The van der Waals surface area contributed by atoms with Crippen LogP contribution in [-0.4, -0.2) is 13.7 Å². The Morgan fingerprint density at radius 3 is 2.48 bits per heavy atom. The molecular weight excluding hydrogens is 262 g/mol. The summed E-state index contributed by atoms with van der Waals surface area (Å²) in [4.78, 5) is 0. The lowest BCUT2D eigenvalue weighted by Gasteiger charge is -2.13. The van der Waals surface area contributed by atoms with E-state index in [1.807, 2.05) is 25.1 Å².